The first kappa shape index (κ1) is 19.6. The van der Waals surface area contributed by atoms with Crippen molar-refractivity contribution in [3.05, 3.63) is 58.6 Å². The maximum Gasteiger partial charge on any atom is 0.417 e. The van der Waals surface area contributed by atoms with Crippen LogP contribution in [0.15, 0.2) is 42.5 Å². The zero-order valence-corrected chi connectivity index (χ0v) is 14.2. The number of nitrogens with one attached hydrogen (secondary N) is 2. The zero-order valence-electron chi connectivity index (χ0n) is 13.5. The van der Waals surface area contributed by atoms with Gasteiger partial charge in [0.25, 0.3) is 0 Å². The second kappa shape index (κ2) is 8.09. The highest BCUT2D eigenvalue weighted by atomic mass is 35.5. The van der Waals surface area contributed by atoms with E-state index in [0.29, 0.717) is 0 Å². The Morgan fingerprint density at radius 1 is 1.12 bits per heavy atom. The highest BCUT2D eigenvalue weighted by molar-refractivity contribution is 6.31. The smallest absolute Gasteiger partial charge is 0.417 e. The molecule has 2 aromatic carbocycles. The third-order valence-corrected chi connectivity index (χ3v) is 3.53. The van der Waals surface area contributed by atoms with Gasteiger partial charge in [-0.1, -0.05) is 23.7 Å². The summed E-state index contributed by atoms with van der Waals surface area (Å²) in [6.45, 7) is 1.80. The number of amides is 2. The van der Waals surface area contributed by atoms with Crippen LogP contribution >= 0.6 is 11.6 Å². The van der Waals surface area contributed by atoms with Crippen LogP contribution in [-0.2, 0) is 10.9 Å². The Labute approximate surface area is 152 Å². The highest BCUT2D eigenvalue weighted by Crippen LogP contribution is 2.36. The second-order valence-corrected chi connectivity index (χ2v) is 5.44. The molecule has 0 aliphatic rings. The van der Waals surface area contributed by atoms with E-state index >= 15 is 0 Å². The summed E-state index contributed by atoms with van der Waals surface area (Å²) in [7, 11) is 0. The summed E-state index contributed by atoms with van der Waals surface area (Å²) in [5.74, 6) is -0.630. The Morgan fingerprint density at radius 3 is 2.46 bits per heavy atom. The van der Waals surface area contributed by atoms with Gasteiger partial charge in [0.2, 0.25) is 0 Å². The van der Waals surface area contributed by atoms with Gasteiger partial charge < -0.3 is 15.4 Å². The van der Waals surface area contributed by atoms with Gasteiger partial charge in [-0.15, -0.1) is 0 Å². The van der Waals surface area contributed by atoms with Crippen molar-refractivity contribution in [3.8, 4) is 0 Å². The van der Waals surface area contributed by atoms with Crippen LogP contribution in [0, 0.1) is 0 Å². The average molecular weight is 387 g/mol. The lowest BCUT2D eigenvalue weighted by Gasteiger charge is -2.13. The molecule has 0 aromatic heterocycles. The number of carbonyl (C=O) groups is 2. The zero-order chi connectivity index (χ0) is 19.3. The molecule has 26 heavy (non-hydrogen) atoms. The number of hydrogen-bond acceptors (Lipinski definition) is 3. The third-order valence-electron chi connectivity index (χ3n) is 3.20. The molecule has 2 aromatic rings. The number of esters is 1. The van der Waals surface area contributed by atoms with Crippen LogP contribution in [0.5, 0.6) is 0 Å². The molecule has 0 saturated carbocycles. The van der Waals surface area contributed by atoms with E-state index in [-0.39, 0.29) is 23.5 Å². The van der Waals surface area contributed by atoms with Crippen LogP contribution in [0.1, 0.15) is 22.8 Å². The van der Waals surface area contributed by atoms with Gasteiger partial charge in [-0.3, -0.25) is 0 Å². The monoisotopic (exact) mass is 386 g/mol. The van der Waals surface area contributed by atoms with Crippen molar-refractivity contribution in [1.82, 2.24) is 0 Å². The van der Waals surface area contributed by atoms with E-state index in [1.54, 1.807) is 19.1 Å². The molecule has 0 radical (unpaired) electrons. The minimum absolute atomic E-state index is 0.104. The predicted molar refractivity (Wildman–Crippen MR) is 91.5 cm³/mol. The fourth-order valence-electron chi connectivity index (χ4n) is 2.08. The molecule has 138 valence electrons. The number of rotatable bonds is 4. The van der Waals surface area contributed by atoms with Crippen molar-refractivity contribution in [2.75, 3.05) is 17.2 Å². The molecule has 2 rings (SSSR count). The van der Waals surface area contributed by atoms with Crippen molar-refractivity contribution >= 4 is 35.0 Å². The van der Waals surface area contributed by atoms with E-state index in [0.717, 1.165) is 12.1 Å². The summed E-state index contributed by atoms with van der Waals surface area (Å²) >= 11 is 5.53. The van der Waals surface area contributed by atoms with Gasteiger partial charge in [0.05, 0.1) is 28.4 Å². The standard InChI is InChI=1S/C17H14ClF3N2O3/c1-2-26-15(24)11-5-3-4-6-14(11)23-16(25)22-10-7-8-13(18)12(9-10)17(19,20)21/h3-9H,2H2,1H3,(H2,22,23,25). The lowest BCUT2D eigenvalue weighted by Crippen LogP contribution is -2.21. The van der Waals surface area contributed by atoms with Crippen LogP contribution in [0.25, 0.3) is 0 Å². The van der Waals surface area contributed by atoms with Gasteiger partial charge in [0.1, 0.15) is 0 Å². The summed E-state index contributed by atoms with van der Waals surface area (Å²) in [6, 6.07) is 8.26. The Bertz CT molecular complexity index is 825. The molecule has 0 atom stereocenters. The van der Waals surface area contributed by atoms with Crippen LogP contribution < -0.4 is 10.6 Å². The number of urea groups is 1. The average Bonchev–Trinajstić information content (AvgIpc) is 2.56. The fourth-order valence-corrected chi connectivity index (χ4v) is 2.31. The molecule has 0 aliphatic heterocycles. The normalized spacial score (nSPS) is 11.0. The quantitative estimate of drug-likeness (QED) is 0.711. The minimum atomic E-state index is -4.65. The molecule has 9 heteroatoms. The lowest BCUT2D eigenvalue weighted by atomic mass is 10.2. The molecule has 0 spiro atoms. The molecular weight excluding hydrogens is 373 g/mol. The first-order valence-corrected chi connectivity index (χ1v) is 7.81. The fraction of sp³-hybridized carbons (Fsp3) is 0.176. The molecule has 0 unspecified atom stereocenters. The topological polar surface area (TPSA) is 67.4 Å². The maximum atomic E-state index is 12.9. The molecule has 0 fully saturated rings. The van der Waals surface area contributed by atoms with E-state index in [4.69, 9.17) is 16.3 Å². The SMILES string of the molecule is CCOC(=O)c1ccccc1NC(=O)Nc1ccc(Cl)c(C(F)(F)F)c1. The number of halogens is 4. The van der Waals surface area contributed by atoms with Crippen molar-refractivity contribution < 1.29 is 27.5 Å². The van der Waals surface area contributed by atoms with E-state index in [9.17, 15) is 22.8 Å². The number of ether oxygens (including phenoxy) is 1. The minimum Gasteiger partial charge on any atom is -0.462 e. The van der Waals surface area contributed by atoms with Crippen molar-refractivity contribution in [2.24, 2.45) is 0 Å². The van der Waals surface area contributed by atoms with Crippen LogP contribution in [0.4, 0.5) is 29.3 Å². The van der Waals surface area contributed by atoms with Gasteiger partial charge in [-0.2, -0.15) is 13.2 Å². The summed E-state index contributed by atoms with van der Waals surface area (Å²) in [4.78, 5) is 23.9. The first-order valence-electron chi connectivity index (χ1n) is 7.43. The van der Waals surface area contributed by atoms with Crippen LogP contribution in [0.3, 0.4) is 0 Å². The number of para-hydroxylation sites is 1. The van der Waals surface area contributed by atoms with Gasteiger partial charge in [-0.25, -0.2) is 9.59 Å². The predicted octanol–water partition coefficient (Wildman–Crippen LogP) is 5.18. The molecular formula is C17H14ClF3N2O3. The van der Waals surface area contributed by atoms with Crippen molar-refractivity contribution in [1.29, 1.82) is 0 Å². The summed E-state index contributed by atoms with van der Waals surface area (Å²) < 4.78 is 43.5. The Morgan fingerprint density at radius 2 is 1.81 bits per heavy atom. The number of anilines is 2. The summed E-state index contributed by atoms with van der Waals surface area (Å²) in [6.07, 6.45) is -4.65. The van der Waals surface area contributed by atoms with Gasteiger partial charge in [-0.05, 0) is 37.3 Å². The van der Waals surface area contributed by atoms with Crippen LogP contribution in [0.2, 0.25) is 5.02 Å². The van der Waals surface area contributed by atoms with E-state index in [1.165, 1.54) is 18.2 Å². The van der Waals surface area contributed by atoms with E-state index < -0.39 is 28.8 Å². The summed E-state index contributed by atoms with van der Waals surface area (Å²) in [5, 5.41) is 4.20. The summed E-state index contributed by atoms with van der Waals surface area (Å²) in [5.41, 5.74) is -0.887. The largest absolute Gasteiger partial charge is 0.462 e. The molecule has 0 bridgehead atoms. The molecule has 0 saturated heterocycles. The molecule has 2 N–H and O–H groups in total. The lowest BCUT2D eigenvalue weighted by molar-refractivity contribution is -0.137. The number of carbonyl (C=O) groups excluding carboxylic acids is 2. The molecule has 2 amide bonds. The Kier molecular flexibility index (Phi) is 6.10. The Hall–Kier alpha value is -2.74. The Balaban J connectivity index is 2.17. The maximum absolute atomic E-state index is 12.9. The molecule has 0 aliphatic carbocycles. The first-order chi connectivity index (χ1) is 12.2. The number of alkyl halides is 3. The van der Waals surface area contributed by atoms with Crippen molar-refractivity contribution in [2.45, 2.75) is 13.1 Å². The van der Waals surface area contributed by atoms with Gasteiger partial charge in [0.15, 0.2) is 0 Å². The number of hydrogen-bond donors (Lipinski definition) is 2. The van der Waals surface area contributed by atoms with Gasteiger partial charge >= 0.3 is 18.2 Å². The molecule has 0 heterocycles. The highest BCUT2D eigenvalue weighted by Gasteiger charge is 2.33. The second-order valence-electron chi connectivity index (χ2n) is 5.04. The van der Waals surface area contributed by atoms with Gasteiger partial charge in [0, 0.05) is 5.69 Å². The van der Waals surface area contributed by atoms with Crippen molar-refractivity contribution in [3.63, 3.8) is 0 Å². The molecule has 5 nitrogen and oxygen atoms in total. The van der Waals surface area contributed by atoms with Crippen LogP contribution in [-0.4, -0.2) is 18.6 Å². The third kappa shape index (κ3) is 4.89. The van der Waals surface area contributed by atoms with E-state index in [2.05, 4.69) is 10.6 Å². The number of benzene rings is 2. The van der Waals surface area contributed by atoms with E-state index in [1.807, 2.05) is 0 Å².